The lowest BCUT2D eigenvalue weighted by molar-refractivity contribution is -0.138. The minimum absolute atomic E-state index is 0.376. The third kappa shape index (κ3) is 15.0. The Hall–Kier alpha value is -5.83. The number of carbonyl (C=O) groups excluding carboxylic acids is 2. The fourth-order valence-corrected chi connectivity index (χ4v) is 5.40. The molecule has 0 radical (unpaired) electrons. The average Bonchev–Trinajstić information content (AvgIpc) is 3.21. The Balaban J connectivity index is 1.14. The Kier molecular flexibility index (Phi) is 17.9. The van der Waals surface area contributed by atoms with Crippen LogP contribution in [0.1, 0.15) is 68.1 Å². The van der Waals surface area contributed by atoms with Crippen molar-refractivity contribution in [2.24, 2.45) is 0 Å². The Morgan fingerprint density at radius 2 is 0.907 bits per heavy atom. The third-order valence-electron chi connectivity index (χ3n) is 8.44. The molecule has 0 saturated heterocycles. The lowest BCUT2D eigenvalue weighted by Crippen LogP contribution is -2.02. The normalized spacial score (nSPS) is 10.5. The second kappa shape index (κ2) is 23.7. The number of esters is 2. The minimum atomic E-state index is -0.378. The molecule has 0 aliphatic heterocycles. The summed E-state index contributed by atoms with van der Waals surface area (Å²) in [6.45, 7) is 9.72. The number of hydrogen-bond donors (Lipinski definition) is 1. The molecule has 0 aliphatic rings. The van der Waals surface area contributed by atoms with Gasteiger partial charge in [0.15, 0.2) is 0 Å². The molecular weight excluding hydrogens is 682 g/mol. The van der Waals surface area contributed by atoms with Gasteiger partial charge in [-0.25, -0.2) is 9.59 Å². The van der Waals surface area contributed by atoms with Gasteiger partial charge in [0.2, 0.25) is 0 Å². The van der Waals surface area contributed by atoms with Crippen LogP contribution in [0, 0.1) is 5.41 Å². The van der Waals surface area contributed by atoms with Crippen LogP contribution in [0.4, 0.5) is 0 Å². The van der Waals surface area contributed by atoms with Gasteiger partial charge in [0.1, 0.15) is 36.2 Å². The van der Waals surface area contributed by atoms with Gasteiger partial charge in [-0.05, 0) is 122 Å². The van der Waals surface area contributed by atoms with E-state index in [0.717, 1.165) is 96.4 Å². The van der Waals surface area contributed by atoms with Gasteiger partial charge in [-0.1, -0.05) is 55.6 Å². The Morgan fingerprint density at radius 3 is 1.37 bits per heavy atom. The van der Waals surface area contributed by atoms with E-state index in [1.54, 1.807) is 0 Å². The molecule has 0 spiro atoms. The van der Waals surface area contributed by atoms with E-state index in [2.05, 4.69) is 13.2 Å². The highest BCUT2D eigenvalue weighted by Crippen LogP contribution is 2.29. The summed E-state index contributed by atoms with van der Waals surface area (Å²) in [5, 5.41) is 8.03. The number of rotatable bonds is 26. The summed E-state index contributed by atoms with van der Waals surface area (Å²) in [5.41, 5.74) is 4.73. The van der Waals surface area contributed by atoms with Crippen LogP contribution < -0.4 is 18.9 Å². The van der Waals surface area contributed by atoms with Crippen molar-refractivity contribution in [2.45, 2.75) is 64.6 Å². The highest BCUT2D eigenvalue weighted by molar-refractivity contribution is 5.89. The predicted octanol–water partition coefficient (Wildman–Crippen LogP) is 9.85. The molecule has 9 nitrogen and oxygen atoms in total. The number of benzene rings is 4. The zero-order valence-corrected chi connectivity index (χ0v) is 31.0. The average molecular weight is 734 g/mol. The van der Waals surface area contributed by atoms with Crippen LogP contribution in [0.15, 0.2) is 116 Å². The summed E-state index contributed by atoms with van der Waals surface area (Å²) in [5.74, 6) is 2.33. The highest BCUT2D eigenvalue weighted by atomic mass is 16.5. The topological polar surface area (TPSA) is 113 Å². The molecule has 9 heteroatoms. The number of ether oxygens (including phenoxy) is 6. The number of carbonyl (C=O) groups is 2. The van der Waals surface area contributed by atoms with Crippen LogP contribution in [-0.4, -0.2) is 44.6 Å². The monoisotopic (exact) mass is 733 g/mol. The molecule has 0 amide bonds. The van der Waals surface area contributed by atoms with E-state index in [0.29, 0.717) is 45.4 Å². The zero-order chi connectivity index (χ0) is 38.2. The van der Waals surface area contributed by atoms with E-state index in [-0.39, 0.29) is 11.9 Å². The first-order valence-corrected chi connectivity index (χ1v) is 18.5. The van der Waals surface area contributed by atoms with Crippen LogP contribution >= 0.6 is 0 Å². The van der Waals surface area contributed by atoms with E-state index in [1.165, 1.54) is 18.4 Å². The van der Waals surface area contributed by atoms with Crippen molar-refractivity contribution in [1.29, 1.82) is 5.41 Å². The van der Waals surface area contributed by atoms with E-state index in [4.69, 9.17) is 33.8 Å². The first-order chi connectivity index (χ1) is 26.5. The number of unbranched alkanes of at least 4 members (excludes halogenated alkanes) is 6. The van der Waals surface area contributed by atoms with Crippen molar-refractivity contribution >= 4 is 18.2 Å². The van der Waals surface area contributed by atoms with Crippen molar-refractivity contribution in [3.05, 3.63) is 133 Å². The molecule has 0 aromatic heterocycles. The summed E-state index contributed by atoms with van der Waals surface area (Å²) in [6, 6.07) is 29.4. The van der Waals surface area contributed by atoms with E-state index >= 15 is 0 Å². The molecule has 4 rings (SSSR count). The van der Waals surface area contributed by atoms with Gasteiger partial charge in [-0.2, -0.15) is 0 Å². The largest absolute Gasteiger partial charge is 0.494 e. The van der Waals surface area contributed by atoms with Crippen molar-refractivity contribution in [3.63, 3.8) is 0 Å². The molecule has 4 aromatic carbocycles. The van der Waals surface area contributed by atoms with Crippen LogP contribution in [0.25, 0.3) is 11.1 Å². The maximum Gasteiger partial charge on any atom is 0.330 e. The summed E-state index contributed by atoms with van der Waals surface area (Å²) in [7, 11) is 0. The highest BCUT2D eigenvalue weighted by Gasteiger charge is 2.08. The van der Waals surface area contributed by atoms with Gasteiger partial charge in [0.05, 0.1) is 26.4 Å². The third-order valence-corrected chi connectivity index (χ3v) is 8.44. The molecule has 1 N–H and O–H groups in total. The lowest BCUT2D eigenvalue weighted by atomic mass is 10.00. The molecule has 0 unspecified atom stereocenters. The Bertz CT molecular complexity index is 1750. The molecule has 284 valence electrons. The van der Waals surface area contributed by atoms with Crippen LogP contribution in [0.5, 0.6) is 23.0 Å². The van der Waals surface area contributed by atoms with Crippen LogP contribution in [0.3, 0.4) is 0 Å². The van der Waals surface area contributed by atoms with Gasteiger partial charge in [0.25, 0.3) is 0 Å². The molecule has 4 aromatic rings. The van der Waals surface area contributed by atoms with Gasteiger partial charge in [0, 0.05) is 23.9 Å². The van der Waals surface area contributed by atoms with E-state index in [1.807, 2.05) is 91.0 Å². The fourth-order valence-electron chi connectivity index (χ4n) is 5.40. The summed E-state index contributed by atoms with van der Waals surface area (Å²) in [6.07, 6.45) is 11.2. The second-order valence-electron chi connectivity index (χ2n) is 12.6. The van der Waals surface area contributed by atoms with Crippen LogP contribution in [0.2, 0.25) is 0 Å². The maximum atomic E-state index is 11.0. The van der Waals surface area contributed by atoms with Crippen molar-refractivity contribution in [1.82, 2.24) is 0 Å². The molecule has 0 heterocycles. The quantitative estimate of drug-likeness (QED) is 0.0294. The maximum absolute atomic E-state index is 11.0. The van der Waals surface area contributed by atoms with E-state index in [9.17, 15) is 9.59 Å². The smallest absolute Gasteiger partial charge is 0.330 e. The SMILES string of the molecule is C=CC(=O)OCCCCCCOc1ccc(COc2ccc(-c3ccc(OCc4ccc(OCCCCCCOC(=O)C=C)cc4)cc3C=N)cc2)cc1. The van der Waals surface area contributed by atoms with Gasteiger partial charge < -0.3 is 33.8 Å². The molecule has 0 fully saturated rings. The zero-order valence-electron chi connectivity index (χ0n) is 31.0. The molecule has 54 heavy (non-hydrogen) atoms. The van der Waals surface area contributed by atoms with Crippen LogP contribution in [-0.2, 0) is 32.3 Å². The second-order valence-corrected chi connectivity index (χ2v) is 12.6. The van der Waals surface area contributed by atoms with Gasteiger partial charge >= 0.3 is 11.9 Å². The summed E-state index contributed by atoms with van der Waals surface area (Å²) in [4.78, 5) is 22.1. The standard InChI is InChI=1S/C45H51NO8/c1-3-44(47)51-29-11-7-5-9-27-49-39-19-13-35(14-20-39)33-53-41-23-17-37(18-24-41)43-26-25-42(31-38(43)32-46)54-34-36-15-21-40(22-16-36)50-28-10-6-8-12-30-52-45(48)4-2/h3-4,13-26,31-32,46H,1-2,5-12,27-30,33-34H2. The molecular formula is C45H51NO8. The molecule has 0 saturated carbocycles. The molecule has 0 aliphatic carbocycles. The first-order valence-electron chi connectivity index (χ1n) is 18.5. The van der Waals surface area contributed by atoms with Crippen molar-refractivity contribution in [2.75, 3.05) is 26.4 Å². The first kappa shape index (κ1) is 40.9. The van der Waals surface area contributed by atoms with Gasteiger partial charge in [-0.15, -0.1) is 0 Å². The Labute approximate surface area is 319 Å². The number of hydrogen-bond acceptors (Lipinski definition) is 9. The molecule has 0 atom stereocenters. The summed E-state index contributed by atoms with van der Waals surface area (Å²) < 4.78 is 33.8. The lowest BCUT2D eigenvalue weighted by Gasteiger charge is -2.12. The summed E-state index contributed by atoms with van der Waals surface area (Å²) >= 11 is 0. The van der Waals surface area contributed by atoms with E-state index < -0.39 is 0 Å². The van der Waals surface area contributed by atoms with Gasteiger partial charge in [-0.3, -0.25) is 0 Å². The van der Waals surface area contributed by atoms with Crippen molar-refractivity contribution < 1.29 is 38.0 Å². The minimum Gasteiger partial charge on any atom is -0.494 e. The molecule has 0 bridgehead atoms. The van der Waals surface area contributed by atoms with Crippen molar-refractivity contribution in [3.8, 4) is 34.1 Å². The predicted molar refractivity (Wildman–Crippen MR) is 212 cm³/mol. The fraction of sp³-hybridized carbons (Fsp3) is 0.311. The number of nitrogens with one attached hydrogen (secondary N) is 1. The Morgan fingerprint density at radius 1 is 0.500 bits per heavy atom.